The first kappa shape index (κ1) is 10.2. The molecule has 0 spiro atoms. The molecule has 0 atom stereocenters. The molecule has 1 saturated carbocycles. The van der Waals surface area contributed by atoms with Crippen molar-refractivity contribution in [2.45, 2.75) is 44.4 Å². The number of hydrogen-bond donors (Lipinski definition) is 0. The number of benzene rings is 1. The van der Waals surface area contributed by atoms with Gasteiger partial charge in [-0.15, -0.1) is 0 Å². The Bertz CT molecular complexity index is 311. The van der Waals surface area contributed by atoms with Gasteiger partial charge in [-0.25, -0.2) is 0 Å². The number of nitrogens with zero attached hydrogens (tertiary/aromatic N) is 1. The molecular weight excluding hydrogens is 194 g/mol. The summed E-state index contributed by atoms with van der Waals surface area (Å²) in [5.74, 6) is 0.844. The van der Waals surface area contributed by atoms with Crippen molar-refractivity contribution in [2.75, 3.05) is 18.0 Å². The lowest BCUT2D eigenvalue weighted by Gasteiger charge is -2.24. The number of hydrogen-bond acceptors (Lipinski definition) is 1. The van der Waals surface area contributed by atoms with Crippen LogP contribution in [0.3, 0.4) is 0 Å². The molecule has 2 fully saturated rings. The lowest BCUT2D eigenvalue weighted by atomic mass is 9.95. The van der Waals surface area contributed by atoms with Crippen LogP contribution in [-0.2, 0) is 0 Å². The molecular formula is C15H21N. The maximum atomic E-state index is 2.59. The molecule has 0 amide bonds. The maximum Gasteiger partial charge on any atom is 0.0401 e. The van der Waals surface area contributed by atoms with E-state index in [4.69, 9.17) is 0 Å². The summed E-state index contributed by atoms with van der Waals surface area (Å²) in [4.78, 5) is 2.59. The molecule has 1 aromatic carbocycles. The summed E-state index contributed by atoms with van der Waals surface area (Å²) in [6.45, 7) is 2.54. The van der Waals surface area contributed by atoms with Gasteiger partial charge in [-0.05, 0) is 43.2 Å². The van der Waals surface area contributed by atoms with E-state index in [2.05, 4.69) is 29.2 Å². The molecule has 1 heterocycles. The Morgan fingerprint density at radius 3 is 2.31 bits per heavy atom. The van der Waals surface area contributed by atoms with Crippen molar-refractivity contribution < 1.29 is 0 Å². The molecule has 1 aliphatic carbocycles. The number of rotatable bonds is 2. The molecule has 0 bridgehead atoms. The summed E-state index contributed by atoms with van der Waals surface area (Å²) in [5.41, 5.74) is 3.16. The zero-order valence-corrected chi connectivity index (χ0v) is 9.99. The van der Waals surface area contributed by atoms with Crippen LogP contribution >= 0.6 is 0 Å². The van der Waals surface area contributed by atoms with Gasteiger partial charge < -0.3 is 4.90 Å². The van der Waals surface area contributed by atoms with E-state index in [9.17, 15) is 0 Å². The lowest BCUT2D eigenvalue weighted by Crippen LogP contribution is -2.19. The van der Waals surface area contributed by atoms with Crippen molar-refractivity contribution >= 4 is 5.69 Å². The molecule has 0 unspecified atom stereocenters. The highest BCUT2D eigenvalue weighted by Crippen LogP contribution is 2.39. The second-order valence-electron chi connectivity index (χ2n) is 5.23. The quantitative estimate of drug-likeness (QED) is 0.722. The molecule has 1 aliphatic heterocycles. The summed E-state index contributed by atoms with van der Waals surface area (Å²) in [6.07, 6.45) is 8.42. The first-order valence-electron chi connectivity index (χ1n) is 6.79. The van der Waals surface area contributed by atoms with Crippen LogP contribution in [0.15, 0.2) is 24.3 Å². The van der Waals surface area contributed by atoms with Gasteiger partial charge in [0.15, 0.2) is 0 Å². The van der Waals surface area contributed by atoms with Gasteiger partial charge in [-0.1, -0.05) is 31.0 Å². The highest BCUT2D eigenvalue weighted by molar-refractivity contribution is 5.55. The summed E-state index contributed by atoms with van der Waals surface area (Å²) >= 11 is 0. The van der Waals surface area contributed by atoms with Crippen LogP contribution in [0.5, 0.6) is 0 Å². The van der Waals surface area contributed by atoms with Crippen molar-refractivity contribution in [3.63, 3.8) is 0 Å². The van der Waals surface area contributed by atoms with E-state index >= 15 is 0 Å². The van der Waals surface area contributed by atoms with Crippen LogP contribution in [-0.4, -0.2) is 13.1 Å². The first-order chi connectivity index (χ1) is 7.95. The third kappa shape index (κ3) is 1.83. The van der Waals surface area contributed by atoms with Crippen molar-refractivity contribution in [1.82, 2.24) is 0 Å². The molecule has 1 heteroatoms. The topological polar surface area (TPSA) is 3.24 Å². The Hall–Kier alpha value is -0.980. The van der Waals surface area contributed by atoms with Gasteiger partial charge in [0.2, 0.25) is 0 Å². The highest BCUT2D eigenvalue weighted by Gasteiger charge is 2.22. The van der Waals surface area contributed by atoms with Crippen LogP contribution < -0.4 is 4.90 Å². The van der Waals surface area contributed by atoms with Gasteiger partial charge in [-0.3, -0.25) is 0 Å². The number of para-hydroxylation sites is 1. The fourth-order valence-corrected chi connectivity index (χ4v) is 3.32. The van der Waals surface area contributed by atoms with Crippen LogP contribution in [0, 0.1) is 0 Å². The minimum absolute atomic E-state index is 0.844. The van der Waals surface area contributed by atoms with Crippen molar-refractivity contribution in [2.24, 2.45) is 0 Å². The molecule has 0 radical (unpaired) electrons. The van der Waals surface area contributed by atoms with E-state index in [0.29, 0.717) is 0 Å². The largest absolute Gasteiger partial charge is 0.371 e. The summed E-state index contributed by atoms with van der Waals surface area (Å²) in [7, 11) is 0. The molecule has 3 rings (SSSR count). The maximum absolute atomic E-state index is 2.59. The van der Waals surface area contributed by atoms with Crippen LogP contribution in [0.4, 0.5) is 5.69 Å². The molecule has 86 valence electrons. The summed E-state index contributed by atoms with van der Waals surface area (Å²) < 4.78 is 0. The predicted octanol–water partition coefficient (Wildman–Crippen LogP) is 3.94. The van der Waals surface area contributed by atoms with Crippen LogP contribution in [0.2, 0.25) is 0 Å². The second kappa shape index (κ2) is 4.48. The van der Waals surface area contributed by atoms with E-state index in [1.807, 2.05) is 0 Å². The van der Waals surface area contributed by atoms with Gasteiger partial charge in [0, 0.05) is 18.8 Å². The van der Waals surface area contributed by atoms with Gasteiger partial charge in [0.1, 0.15) is 0 Å². The molecule has 1 nitrogen and oxygen atoms in total. The van der Waals surface area contributed by atoms with Crippen LogP contribution in [0.25, 0.3) is 0 Å². The average Bonchev–Trinajstić information content (AvgIpc) is 3.03. The molecule has 1 saturated heterocycles. The Morgan fingerprint density at radius 2 is 1.56 bits per heavy atom. The lowest BCUT2D eigenvalue weighted by molar-refractivity contribution is 0.718. The second-order valence-corrected chi connectivity index (χ2v) is 5.23. The molecule has 0 aromatic heterocycles. The minimum Gasteiger partial charge on any atom is -0.371 e. The number of anilines is 1. The Kier molecular flexibility index (Phi) is 2.86. The van der Waals surface area contributed by atoms with Gasteiger partial charge in [-0.2, -0.15) is 0 Å². The van der Waals surface area contributed by atoms with Gasteiger partial charge in [0.25, 0.3) is 0 Å². The standard InChI is InChI=1S/C15H21N/c1-2-8-13(7-1)14-9-3-4-10-15(14)16-11-5-6-12-16/h3-4,9-10,13H,1-2,5-8,11-12H2. The van der Waals surface area contributed by atoms with Crippen molar-refractivity contribution in [1.29, 1.82) is 0 Å². The Balaban J connectivity index is 1.90. The van der Waals surface area contributed by atoms with E-state index < -0.39 is 0 Å². The molecule has 16 heavy (non-hydrogen) atoms. The Morgan fingerprint density at radius 1 is 0.875 bits per heavy atom. The highest BCUT2D eigenvalue weighted by atomic mass is 15.1. The zero-order valence-electron chi connectivity index (χ0n) is 9.99. The SMILES string of the molecule is c1ccc(N2CCCC2)c(C2CCCC2)c1. The van der Waals surface area contributed by atoms with Crippen molar-refractivity contribution in [3.8, 4) is 0 Å². The fourth-order valence-electron chi connectivity index (χ4n) is 3.32. The van der Waals surface area contributed by atoms with Crippen LogP contribution in [0.1, 0.15) is 50.0 Å². The minimum atomic E-state index is 0.844. The smallest absolute Gasteiger partial charge is 0.0401 e. The molecule has 0 N–H and O–H groups in total. The van der Waals surface area contributed by atoms with E-state index in [1.165, 1.54) is 57.3 Å². The zero-order chi connectivity index (χ0) is 10.8. The average molecular weight is 215 g/mol. The third-order valence-electron chi connectivity index (χ3n) is 4.18. The molecule has 1 aromatic rings. The normalized spacial score (nSPS) is 21.9. The fraction of sp³-hybridized carbons (Fsp3) is 0.600. The summed E-state index contributed by atoms with van der Waals surface area (Å²) in [5, 5.41) is 0. The molecule has 2 aliphatic rings. The van der Waals surface area contributed by atoms with Gasteiger partial charge >= 0.3 is 0 Å². The third-order valence-corrected chi connectivity index (χ3v) is 4.18. The van der Waals surface area contributed by atoms with Gasteiger partial charge in [0.05, 0.1) is 0 Å². The van der Waals surface area contributed by atoms with E-state index in [1.54, 1.807) is 5.56 Å². The predicted molar refractivity (Wildman–Crippen MR) is 69.1 cm³/mol. The Labute approximate surface area is 98.5 Å². The monoisotopic (exact) mass is 215 g/mol. The van der Waals surface area contributed by atoms with Crippen molar-refractivity contribution in [3.05, 3.63) is 29.8 Å². The van der Waals surface area contributed by atoms with E-state index in [-0.39, 0.29) is 0 Å². The first-order valence-corrected chi connectivity index (χ1v) is 6.79. The van der Waals surface area contributed by atoms with E-state index in [0.717, 1.165) is 5.92 Å². The summed E-state index contributed by atoms with van der Waals surface area (Å²) in [6, 6.07) is 9.11.